The van der Waals surface area contributed by atoms with Crippen LogP contribution in [-0.4, -0.2) is 23.8 Å². The third-order valence-electron chi connectivity index (χ3n) is 2.60. The van der Waals surface area contributed by atoms with E-state index in [1.165, 1.54) is 6.42 Å². The average molecular weight is 171 g/mol. The first kappa shape index (κ1) is 10.0. The van der Waals surface area contributed by atoms with Gasteiger partial charge in [-0.2, -0.15) is 0 Å². The summed E-state index contributed by atoms with van der Waals surface area (Å²) in [7, 11) is 0. The van der Waals surface area contributed by atoms with E-state index in [1.807, 2.05) is 13.8 Å². The normalized spacial score (nSPS) is 29.0. The van der Waals surface area contributed by atoms with Gasteiger partial charge in [0, 0.05) is 0 Å². The number of nitrogens with one attached hydrogen (secondary N) is 1. The molecule has 0 amide bonds. The Morgan fingerprint density at radius 2 is 2.08 bits per heavy atom. The van der Waals surface area contributed by atoms with Crippen LogP contribution in [-0.2, 0) is 0 Å². The van der Waals surface area contributed by atoms with E-state index in [0.717, 1.165) is 31.3 Å². The molecule has 1 rings (SSSR count). The van der Waals surface area contributed by atoms with E-state index in [0.29, 0.717) is 0 Å². The Morgan fingerprint density at radius 1 is 1.50 bits per heavy atom. The van der Waals surface area contributed by atoms with Gasteiger partial charge >= 0.3 is 0 Å². The number of rotatable bonds is 5. The van der Waals surface area contributed by atoms with Crippen molar-refractivity contribution in [1.29, 1.82) is 0 Å². The molecule has 2 heteroatoms. The molecule has 2 nitrogen and oxygen atoms in total. The number of hydrogen-bond acceptors (Lipinski definition) is 2. The molecule has 2 unspecified atom stereocenters. The van der Waals surface area contributed by atoms with Gasteiger partial charge in [-0.3, -0.25) is 0 Å². The van der Waals surface area contributed by atoms with Crippen LogP contribution in [0.1, 0.15) is 33.6 Å². The minimum absolute atomic E-state index is 0.512. The van der Waals surface area contributed by atoms with Gasteiger partial charge in [0.25, 0.3) is 0 Å². The van der Waals surface area contributed by atoms with Crippen LogP contribution in [0.25, 0.3) is 0 Å². The lowest BCUT2D eigenvalue weighted by Crippen LogP contribution is -2.27. The summed E-state index contributed by atoms with van der Waals surface area (Å²) in [5.41, 5.74) is -0.512. The summed E-state index contributed by atoms with van der Waals surface area (Å²) in [6.45, 7) is 8.08. The highest BCUT2D eigenvalue weighted by molar-refractivity contribution is 4.84. The highest BCUT2D eigenvalue weighted by Crippen LogP contribution is 2.36. The monoisotopic (exact) mass is 171 g/mol. The Balaban J connectivity index is 1.90. The van der Waals surface area contributed by atoms with Crippen LogP contribution in [0.3, 0.4) is 0 Å². The summed E-state index contributed by atoms with van der Waals surface area (Å²) in [6, 6.07) is 0. The molecule has 72 valence electrons. The maximum Gasteiger partial charge on any atom is 0.0603 e. The zero-order valence-electron chi connectivity index (χ0n) is 8.43. The first-order valence-corrected chi connectivity index (χ1v) is 4.92. The molecule has 0 heterocycles. The van der Waals surface area contributed by atoms with Gasteiger partial charge in [-0.05, 0) is 51.6 Å². The zero-order chi connectivity index (χ0) is 9.19. The largest absolute Gasteiger partial charge is 0.390 e. The van der Waals surface area contributed by atoms with E-state index in [2.05, 4.69) is 12.2 Å². The second-order valence-electron chi connectivity index (χ2n) is 4.74. The van der Waals surface area contributed by atoms with Gasteiger partial charge < -0.3 is 10.4 Å². The number of aliphatic hydroxyl groups is 1. The Hall–Kier alpha value is -0.0800. The summed E-state index contributed by atoms with van der Waals surface area (Å²) in [4.78, 5) is 0. The predicted octanol–water partition coefficient (Wildman–Crippen LogP) is 1.39. The standard InChI is InChI=1S/C10H21NO/c1-8-6-9(8)7-11-5-4-10(2,3)12/h8-9,11-12H,4-7H2,1-3H3. The van der Waals surface area contributed by atoms with Gasteiger partial charge in [0.1, 0.15) is 0 Å². The summed E-state index contributed by atoms with van der Waals surface area (Å²) < 4.78 is 0. The first-order valence-electron chi connectivity index (χ1n) is 4.92. The van der Waals surface area contributed by atoms with E-state index >= 15 is 0 Å². The zero-order valence-corrected chi connectivity index (χ0v) is 8.43. The summed E-state index contributed by atoms with van der Waals surface area (Å²) in [6.07, 6.45) is 2.23. The Kier molecular flexibility index (Phi) is 3.13. The third kappa shape index (κ3) is 4.07. The molecule has 0 spiro atoms. The van der Waals surface area contributed by atoms with Gasteiger partial charge in [0.05, 0.1) is 5.60 Å². The first-order chi connectivity index (χ1) is 5.49. The van der Waals surface area contributed by atoms with Gasteiger partial charge in [-0.15, -0.1) is 0 Å². The van der Waals surface area contributed by atoms with Crippen LogP contribution in [0, 0.1) is 11.8 Å². The van der Waals surface area contributed by atoms with Crippen molar-refractivity contribution >= 4 is 0 Å². The fourth-order valence-corrected chi connectivity index (χ4v) is 1.37. The Labute approximate surface area is 75.4 Å². The van der Waals surface area contributed by atoms with E-state index in [9.17, 15) is 5.11 Å². The fraction of sp³-hybridized carbons (Fsp3) is 1.00. The molecular formula is C10H21NO. The molecule has 1 fully saturated rings. The van der Waals surface area contributed by atoms with Crippen LogP contribution in [0.2, 0.25) is 0 Å². The molecule has 0 bridgehead atoms. The predicted molar refractivity (Wildman–Crippen MR) is 51.1 cm³/mol. The van der Waals surface area contributed by atoms with Gasteiger partial charge in [-0.1, -0.05) is 6.92 Å². The van der Waals surface area contributed by atoms with E-state index in [1.54, 1.807) is 0 Å². The fourth-order valence-electron chi connectivity index (χ4n) is 1.37. The van der Waals surface area contributed by atoms with Crippen LogP contribution in [0.4, 0.5) is 0 Å². The summed E-state index contributed by atoms with van der Waals surface area (Å²) in [5, 5.41) is 12.8. The smallest absolute Gasteiger partial charge is 0.0603 e. The van der Waals surface area contributed by atoms with Crippen LogP contribution in [0.5, 0.6) is 0 Å². The Bertz CT molecular complexity index is 139. The van der Waals surface area contributed by atoms with E-state index < -0.39 is 5.60 Å². The van der Waals surface area contributed by atoms with Crippen molar-refractivity contribution in [2.75, 3.05) is 13.1 Å². The molecule has 0 aromatic heterocycles. The maximum atomic E-state index is 9.41. The molecule has 1 aliphatic rings. The quantitative estimate of drug-likeness (QED) is 0.613. The van der Waals surface area contributed by atoms with Crippen molar-refractivity contribution in [2.45, 2.75) is 39.2 Å². The SMILES string of the molecule is CC1CC1CNCCC(C)(C)O. The summed E-state index contributed by atoms with van der Waals surface area (Å²) in [5.74, 6) is 1.84. The molecule has 0 saturated heterocycles. The molecule has 0 aliphatic heterocycles. The van der Waals surface area contributed by atoms with Crippen LogP contribution >= 0.6 is 0 Å². The van der Waals surface area contributed by atoms with Gasteiger partial charge in [-0.25, -0.2) is 0 Å². The van der Waals surface area contributed by atoms with Crippen molar-refractivity contribution in [2.24, 2.45) is 11.8 Å². The molecule has 0 radical (unpaired) electrons. The lowest BCUT2D eigenvalue weighted by molar-refractivity contribution is 0.0711. The molecule has 1 aliphatic carbocycles. The molecule has 0 aromatic rings. The molecule has 2 atom stereocenters. The molecule has 12 heavy (non-hydrogen) atoms. The van der Waals surface area contributed by atoms with Gasteiger partial charge in [0.15, 0.2) is 0 Å². The van der Waals surface area contributed by atoms with Crippen LogP contribution in [0.15, 0.2) is 0 Å². The van der Waals surface area contributed by atoms with E-state index in [-0.39, 0.29) is 0 Å². The second kappa shape index (κ2) is 3.75. The maximum absolute atomic E-state index is 9.41. The highest BCUT2D eigenvalue weighted by Gasteiger charge is 2.31. The van der Waals surface area contributed by atoms with Crippen molar-refractivity contribution in [3.63, 3.8) is 0 Å². The van der Waals surface area contributed by atoms with Crippen molar-refractivity contribution in [1.82, 2.24) is 5.32 Å². The lowest BCUT2D eigenvalue weighted by atomic mass is 10.1. The minimum Gasteiger partial charge on any atom is -0.390 e. The lowest BCUT2D eigenvalue weighted by Gasteiger charge is -2.16. The molecule has 1 saturated carbocycles. The van der Waals surface area contributed by atoms with Gasteiger partial charge in [0.2, 0.25) is 0 Å². The van der Waals surface area contributed by atoms with Crippen molar-refractivity contribution < 1.29 is 5.11 Å². The summed E-state index contributed by atoms with van der Waals surface area (Å²) >= 11 is 0. The van der Waals surface area contributed by atoms with Crippen molar-refractivity contribution in [3.8, 4) is 0 Å². The second-order valence-corrected chi connectivity index (χ2v) is 4.74. The number of hydrogen-bond donors (Lipinski definition) is 2. The van der Waals surface area contributed by atoms with Crippen LogP contribution < -0.4 is 5.32 Å². The average Bonchev–Trinajstić information content (AvgIpc) is 2.57. The molecule has 0 aromatic carbocycles. The van der Waals surface area contributed by atoms with E-state index in [4.69, 9.17) is 0 Å². The Morgan fingerprint density at radius 3 is 2.50 bits per heavy atom. The highest BCUT2D eigenvalue weighted by atomic mass is 16.3. The molecular weight excluding hydrogens is 150 g/mol. The third-order valence-corrected chi connectivity index (χ3v) is 2.60. The topological polar surface area (TPSA) is 32.3 Å². The van der Waals surface area contributed by atoms with Crippen molar-refractivity contribution in [3.05, 3.63) is 0 Å². The minimum atomic E-state index is -0.512. The molecule has 2 N–H and O–H groups in total.